The lowest BCUT2D eigenvalue weighted by Crippen LogP contribution is -2.46. The highest BCUT2D eigenvalue weighted by Gasteiger charge is 2.29. The molecule has 1 aromatic heterocycles. The number of rotatable bonds is 3. The van der Waals surface area contributed by atoms with Crippen LogP contribution in [-0.4, -0.2) is 29.5 Å². The van der Waals surface area contributed by atoms with Crippen LogP contribution in [0.5, 0.6) is 0 Å². The summed E-state index contributed by atoms with van der Waals surface area (Å²) in [7, 11) is 0. The van der Waals surface area contributed by atoms with Crippen LogP contribution in [0.4, 0.5) is 0 Å². The minimum absolute atomic E-state index is 0.376. The van der Waals surface area contributed by atoms with E-state index >= 15 is 0 Å². The van der Waals surface area contributed by atoms with Crippen molar-refractivity contribution < 1.29 is 0 Å². The molecule has 4 heteroatoms. The van der Waals surface area contributed by atoms with Crippen molar-refractivity contribution in [3.05, 3.63) is 52.0 Å². The van der Waals surface area contributed by atoms with Crippen molar-refractivity contribution in [3.63, 3.8) is 0 Å². The Morgan fingerprint density at radius 2 is 2.15 bits per heavy atom. The van der Waals surface area contributed by atoms with Crippen molar-refractivity contribution in [1.29, 1.82) is 0 Å². The number of nitrogens with one attached hydrogen (secondary N) is 1. The second-order valence-electron chi connectivity index (χ2n) is 5.35. The summed E-state index contributed by atoms with van der Waals surface area (Å²) in [6.07, 6.45) is 1.98. The third kappa shape index (κ3) is 2.77. The van der Waals surface area contributed by atoms with Crippen LogP contribution in [0.25, 0.3) is 0 Å². The molecule has 2 atom stereocenters. The molecule has 0 spiro atoms. The molecule has 1 N–H and O–H groups in total. The molecule has 0 amide bonds. The molecule has 0 radical (unpaired) electrons. The molecule has 2 aromatic rings. The smallest absolute Gasteiger partial charge is 0.110 e. The highest BCUT2D eigenvalue weighted by atomic mass is 32.1. The SMILES string of the molecule is Cc1cnc(C(C)N2CCNCC2c2ccccc2)s1. The van der Waals surface area contributed by atoms with E-state index in [9.17, 15) is 0 Å². The summed E-state index contributed by atoms with van der Waals surface area (Å²) in [5, 5.41) is 4.74. The molecule has 2 unspecified atom stereocenters. The van der Waals surface area contributed by atoms with Gasteiger partial charge in [0.05, 0.1) is 6.04 Å². The topological polar surface area (TPSA) is 28.2 Å². The Labute approximate surface area is 124 Å². The van der Waals surface area contributed by atoms with Gasteiger partial charge >= 0.3 is 0 Å². The van der Waals surface area contributed by atoms with Crippen LogP contribution in [0.2, 0.25) is 0 Å². The minimum atomic E-state index is 0.376. The number of aromatic nitrogens is 1. The fourth-order valence-electron chi connectivity index (χ4n) is 2.88. The maximum Gasteiger partial charge on any atom is 0.110 e. The zero-order chi connectivity index (χ0) is 13.9. The molecule has 0 bridgehead atoms. The van der Waals surface area contributed by atoms with Gasteiger partial charge < -0.3 is 5.32 Å². The molecule has 1 saturated heterocycles. The van der Waals surface area contributed by atoms with Crippen LogP contribution in [-0.2, 0) is 0 Å². The molecule has 0 aliphatic carbocycles. The van der Waals surface area contributed by atoms with Gasteiger partial charge in [0.15, 0.2) is 0 Å². The Balaban J connectivity index is 1.85. The first-order chi connectivity index (χ1) is 9.75. The fraction of sp³-hybridized carbons (Fsp3) is 0.438. The number of piperazine rings is 1. The third-order valence-corrected chi connectivity index (χ3v) is 5.05. The van der Waals surface area contributed by atoms with Crippen molar-refractivity contribution in [2.75, 3.05) is 19.6 Å². The van der Waals surface area contributed by atoms with Gasteiger partial charge in [-0.2, -0.15) is 0 Å². The molecule has 0 saturated carbocycles. The fourth-order valence-corrected chi connectivity index (χ4v) is 3.72. The van der Waals surface area contributed by atoms with E-state index in [1.807, 2.05) is 17.5 Å². The van der Waals surface area contributed by atoms with E-state index in [0.717, 1.165) is 19.6 Å². The summed E-state index contributed by atoms with van der Waals surface area (Å²) in [5.74, 6) is 0. The summed E-state index contributed by atoms with van der Waals surface area (Å²) in [5.41, 5.74) is 1.39. The second-order valence-corrected chi connectivity index (χ2v) is 6.62. The quantitative estimate of drug-likeness (QED) is 0.940. The molecular weight excluding hydrogens is 266 g/mol. The first-order valence-electron chi connectivity index (χ1n) is 7.19. The van der Waals surface area contributed by atoms with E-state index in [1.54, 1.807) is 0 Å². The summed E-state index contributed by atoms with van der Waals surface area (Å²) in [6.45, 7) is 7.54. The summed E-state index contributed by atoms with van der Waals surface area (Å²) < 4.78 is 0. The highest BCUT2D eigenvalue weighted by molar-refractivity contribution is 7.11. The van der Waals surface area contributed by atoms with Gasteiger partial charge in [-0.15, -0.1) is 11.3 Å². The first-order valence-corrected chi connectivity index (χ1v) is 8.01. The van der Waals surface area contributed by atoms with Gasteiger partial charge in [-0.25, -0.2) is 4.98 Å². The van der Waals surface area contributed by atoms with Gasteiger partial charge in [-0.3, -0.25) is 4.90 Å². The van der Waals surface area contributed by atoms with E-state index in [2.05, 4.69) is 59.4 Å². The van der Waals surface area contributed by atoms with Gasteiger partial charge in [0.1, 0.15) is 5.01 Å². The van der Waals surface area contributed by atoms with Crippen LogP contribution in [0.1, 0.15) is 34.5 Å². The third-order valence-electron chi connectivity index (χ3n) is 3.96. The van der Waals surface area contributed by atoms with Gasteiger partial charge in [-0.05, 0) is 19.4 Å². The van der Waals surface area contributed by atoms with Gasteiger partial charge in [-0.1, -0.05) is 30.3 Å². The van der Waals surface area contributed by atoms with Gasteiger partial charge in [0.2, 0.25) is 0 Å². The highest BCUT2D eigenvalue weighted by Crippen LogP contribution is 2.32. The standard InChI is InChI=1S/C16H21N3S/c1-12-10-18-16(20-12)13(2)19-9-8-17-11-15(19)14-6-4-3-5-7-14/h3-7,10,13,15,17H,8-9,11H2,1-2H3. The molecule has 3 rings (SSSR count). The molecule has 1 fully saturated rings. The zero-order valence-corrected chi connectivity index (χ0v) is 12.9. The maximum absolute atomic E-state index is 4.58. The molecule has 1 aromatic carbocycles. The van der Waals surface area contributed by atoms with E-state index in [-0.39, 0.29) is 0 Å². The van der Waals surface area contributed by atoms with Crippen molar-refractivity contribution in [3.8, 4) is 0 Å². The summed E-state index contributed by atoms with van der Waals surface area (Å²) in [4.78, 5) is 8.44. The van der Waals surface area contributed by atoms with Crippen molar-refractivity contribution in [2.45, 2.75) is 25.9 Å². The van der Waals surface area contributed by atoms with E-state index < -0.39 is 0 Å². The Morgan fingerprint density at radius 3 is 2.85 bits per heavy atom. The first kappa shape index (κ1) is 13.7. The largest absolute Gasteiger partial charge is 0.314 e. The molecular formula is C16H21N3S. The molecule has 1 aliphatic rings. The average molecular weight is 287 g/mol. The van der Waals surface area contributed by atoms with Crippen molar-refractivity contribution in [1.82, 2.24) is 15.2 Å². The number of aryl methyl sites for hydroxylation is 1. The summed E-state index contributed by atoms with van der Waals surface area (Å²) >= 11 is 1.81. The average Bonchev–Trinajstić information content (AvgIpc) is 2.94. The van der Waals surface area contributed by atoms with E-state index in [0.29, 0.717) is 12.1 Å². The lowest BCUT2D eigenvalue weighted by molar-refractivity contribution is 0.115. The van der Waals surface area contributed by atoms with Crippen LogP contribution < -0.4 is 5.32 Å². The number of thiazole rings is 1. The Kier molecular flexibility index (Phi) is 4.15. The normalized spacial score (nSPS) is 21.8. The van der Waals surface area contributed by atoms with Gasteiger partial charge in [0, 0.05) is 36.8 Å². The second kappa shape index (κ2) is 6.04. The maximum atomic E-state index is 4.58. The van der Waals surface area contributed by atoms with Crippen LogP contribution in [0, 0.1) is 6.92 Å². The number of benzene rings is 1. The Morgan fingerprint density at radius 1 is 1.35 bits per heavy atom. The number of nitrogens with zero attached hydrogens (tertiary/aromatic N) is 2. The summed E-state index contributed by atoms with van der Waals surface area (Å²) in [6, 6.07) is 11.6. The lowest BCUT2D eigenvalue weighted by Gasteiger charge is -2.39. The zero-order valence-electron chi connectivity index (χ0n) is 12.0. The molecule has 106 valence electrons. The van der Waals surface area contributed by atoms with Gasteiger partial charge in [0.25, 0.3) is 0 Å². The monoisotopic (exact) mass is 287 g/mol. The van der Waals surface area contributed by atoms with Crippen LogP contribution in [0.3, 0.4) is 0 Å². The van der Waals surface area contributed by atoms with E-state index in [4.69, 9.17) is 0 Å². The molecule has 1 aliphatic heterocycles. The van der Waals surface area contributed by atoms with Crippen LogP contribution >= 0.6 is 11.3 Å². The molecule has 2 heterocycles. The van der Waals surface area contributed by atoms with Crippen molar-refractivity contribution in [2.24, 2.45) is 0 Å². The Bertz CT molecular complexity index is 552. The minimum Gasteiger partial charge on any atom is -0.314 e. The molecule has 20 heavy (non-hydrogen) atoms. The lowest BCUT2D eigenvalue weighted by atomic mass is 10.0. The predicted octanol–water partition coefficient (Wildman–Crippen LogP) is 3.16. The van der Waals surface area contributed by atoms with Crippen LogP contribution in [0.15, 0.2) is 36.5 Å². The van der Waals surface area contributed by atoms with E-state index in [1.165, 1.54) is 15.4 Å². The number of hydrogen-bond acceptors (Lipinski definition) is 4. The predicted molar refractivity (Wildman–Crippen MR) is 84.0 cm³/mol. The number of hydrogen-bond donors (Lipinski definition) is 1. The van der Waals surface area contributed by atoms with Crippen molar-refractivity contribution >= 4 is 11.3 Å². The Hall–Kier alpha value is -1.23. The molecule has 3 nitrogen and oxygen atoms in total.